The maximum absolute atomic E-state index is 14.4. The van der Waals surface area contributed by atoms with E-state index in [9.17, 15) is 18.0 Å². The van der Waals surface area contributed by atoms with E-state index in [2.05, 4.69) is 5.32 Å². The van der Waals surface area contributed by atoms with Crippen LogP contribution in [0.2, 0.25) is 5.02 Å². The first-order valence-corrected chi connectivity index (χ1v) is 16.3. The minimum atomic E-state index is -4.16. The fourth-order valence-electron chi connectivity index (χ4n) is 4.92. The molecule has 4 rings (SSSR count). The van der Waals surface area contributed by atoms with Gasteiger partial charge in [0, 0.05) is 24.5 Å². The monoisotopic (exact) mass is 631 g/mol. The molecule has 4 aromatic rings. The summed E-state index contributed by atoms with van der Waals surface area (Å²) >= 11 is 6.29. The van der Waals surface area contributed by atoms with Crippen LogP contribution in [0.15, 0.2) is 102 Å². The summed E-state index contributed by atoms with van der Waals surface area (Å²) in [6, 6.07) is 27.5. The van der Waals surface area contributed by atoms with E-state index in [0.29, 0.717) is 22.8 Å². The molecule has 1 atom stereocenters. The highest BCUT2D eigenvalue weighted by molar-refractivity contribution is 7.92. The number of nitrogens with one attached hydrogen (secondary N) is 1. The number of amides is 2. The Hall–Kier alpha value is -4.14. The molecule has 0 bridgehead atoms. The Balaban J connectivity index is 1.81. The van der Waals surface area contributed by atoms with E-state index in [-0.39, 0.29) is 23.8 Å². The molecule has 2 amide bonds. The first kappa shape index (κ1) is 32.8. The highest BCUT2D eigenvalue weighted by atomic mass is 35.5. The molecule has 44 heavy (non-hydrogen) atoms. The van der Waals surface area contributed by atoms with Gasteiger partial charge < -0.3 is 10.2 Å². The second-order valence-electron chi connectivity index (χ2n) is 10.8. The summed E-state index contributed by atoms with van der Waals surface area (Å²) in [5, 5.41) is 3.36. The molecule has 0 fully saturated rings. The van der Waals surface area contributed by atoms with E-state index in [0.717, 1.165) is 26.6 Å². The number of sulfonamides is 1. The average Bonchev–Trinajstić information content (AvgIpc) is 3.00. The van der Waals surface area contributed by atoms with E-state index in [1.54, 1.807) is 54.6 Å². The first-order chi connectivity index (χ1) is 21.0. The van der Waals surface area contributed by atoms with Crippen LogP contribution in [0.1, 0.15) is 34.7 Å². The molecule has 0 aliphatic rings. The lowest BCUT2D eigenvalue weighted by atomic mass is 10.0. The summed E-state index contributed by atoms with van der Waals surface area (Å²) in [6.45, 7) is 7.45. The lowest BCUT2D eigenvalue weighted by Gasteiger charge is -2.34. The Labute approximate surface area is 265 Å². The third-order valence-electron chi connectivity index (χ3n) is 7.53. The fourth-order valence-corrected chi connectivity index (χ4v) is 6.54. The number of aryl methyl sites for hydroxylation is 3. The number of hydrogen-bond acceptors (Lipinski definition) is 4. The van der Waals surface area contributed by atoms with E-state index in [1.807, 2.05) is 70.2 Å². The van der Waals surface area contributed by atoms with Gasteiger partial charge in [-0.25, -0.2) is 8.42 Å². The van der Waals surface area contributed by atoms with Gasteiger partial charge >= 0.3 is 0 Å². The van der Waals surface area contributed by atoms with Gasteiger partial charge in [-0.3, -0.25) is 13.9 Å². The fraction of sp³-hybridized carbons (Fsp3) is 0.257. The van der Waals surface area contributed by atoms with E-state index >= 15 is 0 Å². The molecule has 0 saturated heterocycles. The topological polar surface area (TPSA) is 86.8 Å². The zero-order valence-electron chi connectivity index (χ0n) is 25.5. The molecule has 0 heterocycles. The van der Waals surface area contributed by atoms with Crippen LogP contribution in [0.4, 0.5) is 5.69 Å². The number of likely N-dealkylation sites (N-methyl/N-ethyl adjacent to an activating group) is 1. The van der Waals surface area contributed by atoms with Crippen LogP contribution < -0.4 is 9.62 Å². The molecule has 0 aromatic heterocycles. The maximum Gasteiger partial charge on any atom is 0.264 e. The van der Waals surface area contributed by atoms with Gasteiger partial charge in [0.15, 0.2) is 0 Å². The van der Waals surface area contributed by atoms with Crippen LogP contribution in [0, 0.1) is 20.8 Å². The SMILES string of the molecule is CCNC(=O)[C@@H](Cc1ccccc1)N(Cc1cccc(Cl)c1)C(=O)CN(c1ccc(C)c(C)c1)S(=O)(=O)c1ccc(C)cc1. The molecule has 0 spiro atoms. The third-order valence-corrected chi connectivity index (χ3v) is 9.55. The van der Waals surface area contributed by atoms with E-state index in [1.165, 1.54) is 4.90 Å². The van der Waals surface area contributed by atoms with Crippen molar-refractivity contribution in [1.29, 1.82) is 0 Å². The molecular weight excluding hydrogens is 594 g/mol. The van der Waals surface area contributed by atoms with Crippen molar-refractivity contribution >= 4 is 39.1 Å². The highest BCUT2D eigenvalue weighted by Gasteiger charge is 2.34. The van der Waals surface area contributed by atoms with Crippen molar-refractivity contribution in [1.82, 2.24) is 10.2 Å². The van der Waals surface area contributed by atoms with Gasteiger partial charge in [-0.2, -0.15) is 0 Å². The van der Waals surface area contributed by atoms with Crippen LogP contribution in [0.5, 0.6) is 0 Å². The third kappa shape index (κ3) is 8.07. The van der Waals surface area contributed by atoms with Crippen molar-refractivity contribution in [2.75, 3.05) is 17.4 Å². The average molecular weight is 632 g/mol. The largest absolute Gasteiger partial charge is 0.355 e. The molecule has 0 saturated carbocycles. The number of benzene rings is 4. The number of carbonyl (C=O) groups excluding carboxylic acids is 2. The van der Waals surface area contributed by atoms with Gasteiger partial charge in [0.1, 0.15) is 12.6 Å². The number of anilines is 1. The quantitative estimate of drug-likeness (QED) is 0.201. The molecule has 230 valence electrons. The zero-order chi connectivity index (χ0) is 31.9. The number of carbonyl (C=O) groups is 2. The molecule has 0 unspecified atom stereocenters. The predicted octanol–water partition coefficient (Wildman–Crippen LogP) is 6.24. The number of hydrogen-bond donors (Lipinski definition) is 1. The molecule has 4 aromatic carbocycles. The van der Waals surface area contributed by atoms with Crippen molar-refractivity contribution in [2.45, 2.75) is 51.6 Å². The highest BCUT2D eigenvalue weighted by Crippen LogP contribution is 2.27. The van der Waals surface area contributed by atoms with Crippen molar-refractivity contribution in [3.05, 3.63) is 130 Å². The molecule has 7 nitrogen and oxygen atoms in total. The van der Waals surface area contributed by atoms with Crippen LogP contribution in [0.3, 0.4) is 0 Å². The Morgan fingerprint density at radius 3 is 2.14 bits per heavy atom. The van der Waals surface area contributed by atoms with Crippen LogP contribution in [-0.2, 0) is 32.6 Å². The Kier molecular flexibility index (Phi) is 10.8. The minimum absolute atomic E-state index is 0.0549. The number of rotatable bonds is 12. The standard InChI is InChI=1S/C35H38ClN3O4S/c1-5-37-35(41)33(22-28-10-7-6-8-11-28)38(23-29-12-9-13-30(36)21-29)34(40)24-39(31-17-16-26(3)27(4)20-31)44(42,43)32-18-14-25(2)15-19-32/h6-21,33H,5,22-24H2,1-4H3,(H,37,41)/t33-/m1/s1. The number of nitrogens with zero attached hydrogens (tertiary/aromatic N) is 2. The zero-order valence-corrected chi connectivity index (χ0v) is 27.0. The lowest BCUT2D eigenvalue weighted by Crippen LogP contribution is -2.53. The molecule has 0 radical (unpaired) electrons. The molecule has 0 aliphatic carbocycles. The van der Waals surface area contributed by atoms with E-state index in [4.69, 9.17) is 11.6 Å². The summed E-state index contributed by atoms with van der Waals surface area (Å²) in [5.41, 5.74) is 4.74. The van der Waals surface area contributed by atoms with Crippen LogP contribution in [-0.4, -0.2) is 44.3 Å². The van der Waals surface area contributed by atoms with Crippen LogP contribution >= 0.6 is 11.6 Å². The summed E-state index contributed by atoms with van der Waals surface area (Å²) in [5.74, 6) is -0.850. The van der Waals surface area contributed by atoms with Crippen molar-refractivity contribution in [3.8, 4) is 0 Å². The van der Waals surface area contributed by atoms with Crippen LogP contribution in [0.25, 0.3) is 0 Å². The van der Waals surface area contributed by atoms with Gasteiger partial charge in [-0.15, -0.1) is 0 Å². The van der Waals surface area contributed by atoms with Gasteiger partial charge in [0.25, 0.3) is 10.0 Å². The summed E-state index contributed by atoms with van der Waals surface area (Å²) in [4.78, 5) is 29.6. The van der Waals surface area contributed by atoms with Gasteiger partial charge in [0.2, 0.25) is 11.8 Å². The second kappa shape index (κ2) is 14.6. The maximum atomic E-state index is 14.4. The van der Waals surface area contributed by atoms with Gasteiger partial charge in [-0.05, 0) is 86.3 Å². The molecule has 1 N–H and O–H groups in total. The van der Waals surface area contributed by atoms with Gasteiger partial charge in [-0.1, -0.05) is 77.8 Å². The summed E-state index contributed by atoms with van der Waals surface area (Å²) in [6.07, 6.45) is 0.243. The Bertz CT molecular complexity index is 1710. The molecule has 0 aliphatic heterocycles. The number of halogens is 1. The minimum Gasteiger partial charge on any atom is -0.355 e. The van der Waals surface area contributed by atoms with Crippen molar-refractivity contribution in [3.63, 3.8) is 0 Å². The second-order valence-corrected chi connectivity index (χ2v) is 13.1. The smallest absolute Gasteiger partial charge is 0.264 e. The Morgan fingerprint density at radius 2 is 1.50 bits per heavy atom. The molecule has 9 heteroatoms. The molecular formula is C35H38ClN3O4S. The van der Waals surface area contributed by atoms with E-state index < -0.39 is 28.5 Å². The normalized spacial score (nSPS) is 11.9. The van der Waals surface area contributed by atoms with Crippen molar-refractivity contribution in [2.24, 2.45) is 0 Å². The lowest BCUT2D eigenvalue weighted by molar-refractivity contribution is -0.140. The first-order valence-electron chi connectivity index (χ1n) is 14.5. The predicted molar refractivity (Wildman–Crippen MR) is 176 cm³/mol. The van der Waals surface area contributed by atoms with Gasteiger partial charge in [0.05, 0.1) is 10.6 Å². The van der Waals surface area contributed by atoms with Crippen molar-refractivity contribution < 1.29 is 18.0 Å². The summed E-state index contributed by atoms with van der Waals surface area (Å²) < 4.78 is 29.4. The summed E-state index contributed by atoms with van der Waals surface area (Å²) in [7, 11) is -4.16. The Morgan fingerprint density at radius 1 is 0.818 bits per heavy atom.